The largest absolute Gasteiger partial charge is 0.294 e. The van der Waals surface area contributed by atoms with Gasteiger partial charge in [0.15, 0.2) is 0 Å². The lowest BCUT2D eigenvalue weighted by Crippen LogP contribution is -2.64. The first kappa shape index (κ1) is 16.7. The highest BCUT2D eigenvalue weighted by Gasteiger charge is 2.45. The Morgan fingerprint density at radius 3 is 2.76 bits per heavy atom. The Labute approximate surface area is 149 Å². The molecule has 132 valence electrons. The molecule has 2 aromatic rings. The number of hydrogen-bond donors (Lipinski definition) is 0. The van der Waals surface area contributed by atoms with E-state index >= 15 is 0 Å². The van der Waals surface area contributed by atoms with E-state index in [1.165, 1.54) is 5.56 Å². The first-order valence-corrected chi connectivity index (χ1v) is 10.2. The smallest absolute Gasteiger partial charge is 0.243 e. The molecule has 2 saturated heterocycles. The number of benzene rings is 1. The summed E-state index contributed by atoms with van der Waals surface area (Å²) in [5, 5.41) is 0. The van der Waals surface area contributed by atoms with Crippen molar-refractivity contribution in [1.29, 1.82) is 0 Å². The van der Waals surface area contributed by atoms with E-state index in [1.807, 2.05) is 31.3 Å². The second-order valence-electron chi connectivity index (χ2n) is 7.04. The maximum atomic E-state index is 13.0. The number of aryl methyl sites for hydroxylation is 1. The molecule has 0 aliphatic carbocycles. The van der Waals surface area contributed by atoms with Gasteiger partial charge in [-0.3, -0.25) is 9.88 Å². The molecule has 1 aromatic carbocycles. The number of nitrogens with zero attached hydrogens (tertiary/aromatic N) is 3. The van der Waals surface area contributed by atoms with E-state index in [0.717, 1.165) is 25.1 Å². The van der Waals surface area contributed by atoms with E-state index in [9.17, 15) is 8.42 Å². The monoisotopic (exact) mass is 357 g/mol. The summed E-state index contributed by atoms with van der Waals surface area (Å²) in [4.78, 5) is 6.98. The summed E-state index contributed by atoms with van der Waals surface area (Å²) in [5.41, 5.74) is 1.99. The number of fused-ring (bicyclic) bond motifs is 1. The van der Waals surface area contributed by atoms with Crippen LogP contribution in [-0.4, -0.2) is 48.3 Å². The molecular formula is C19H23N3O2S. The molecule has 0 radical (unpaired) electrons. The third-order valence-electron chi connectivity index (χ3n) is 5.44. The topological polar surface area (TPSA) is 53.5 Å². The van der Waals surface area contributed by atoms with Gasteiger partial charge in [0.1, 0.15) is 0 Å². The minimum atomic E-state index is -3.42. The highest BCUT2D eigenvalue weighted by molar-refractivity contribution is 7.89. The van der Waals surface area contributed by atoms with Crippen LogP contribution >= 0.6 is 0 Å². The molecule has 2 aliphatic heterocycles. The Kier molecular flexibility index (Phi) is 4.35. The van der Waals surface area contributed by atoms with E-state index in [0.29, 0.717) is 29.9 Å². The molecule has 5 nitrogen and oxygen atoms in total. The molecule has 2 aliphatic rings. The van der Waals surface area contributed by atoms with Crippen LogP contribution in [-0.2, 0) is 16.6 Å². The van der Waals surface area contributed by atoms with Crippen LogP contribution in [0.2, 0.25) is 0 Å². The molecule has 0 bridgehead atoms. The third-order valence-corrected chi connectivity index (χ3v) is 7.47. The highest BCUT2D eigenvalue weighted by atomic mass is 32.2. The second kappa shape index (κ2) is 6.52. The summed E-state index contributed by atoms with van der Waals surface area (Å²) in [6, 6.07) is 11.6. The van der Waals surface area contributed by atoms with Crippen LogP contribution < -0.4 is 0 Å². The van der Waals surface area contributed by atoms with Gasteiger partial charge in [0.05, 0.1) is 4.90 Å². The number of aromatic nitrogens is 1. The molecular weight excluding hydrogens is 334 g/mol. The Hall–Kier alpha value is -1.76. The lowest BCUT2D eigenvalue weighted by atomic mass is 9.83. The van der Waals surface area contributed by atoms with Crippen molar-refractivity contribution in [2.24, 2.45) is 5.92 Å². The van der Waals surface area contributed by atoms with Crippen molar-refractivity contribution < 1.29 is 8.42 Å². The SMILES string of the molecule is Cc1ccccc1S(=O)(=O)N1CC[C@@H]2CN(Cc3cccnc3)[C@@H]2C1. The minimum Gasteiger partial charge on any atom is -0.294 e. The molecule has 0 spiro atoms. The fourth-order valence-corrected chi connectivity index (χ4v) is 5.69. The summed E-state index contributed by atoms with van der Waals surface area (Å²) >= 11 is 0. The molecule has 1 aromatic heterocycles. The van der Waals surface area contributed by atoms with Crippen LogP contribution in [0.4, 0.5) is 0 Å². The normalized spacial score (nSPS) is 24.5. The molecule has 2 fully saturated rings. The summed E-state index contributed by atoms with van der Waals surface area (Å²) in [6.45, 7) is 4.96. The maximum Gasteiger partial charge on any atom is 0.243 e. The standard InChI is InChI=1S/C19H23N3O2S/c1-15-5-2-3-7-19(15)25(23,24)22-10-8-17-13-21(18(17)14-22)12-16-6-4-9-20-11-16/h2-7,9,11,17-18H,8,10,12-14H2,1H3/t17-,18-/m1/s1. The number of sulfonamides is 1. The van der Waals surface area contributed by atoms with Crippen molar-refractivity contribution in [1.82, 2.24) is 14.2 Å². The highest BCUT2D eigenvalue weighted by Crippen LogP contribution is 2.35. The summed E-state index contributed by atoms with van der Waals surface area (Å²) in [6.07, 6.45) is 4.61. The molecule has 0 unspecified atom stereocenters. The van der Waals surface area contributed by atoms with Gasteiger partial charge in [-0.25, -0.2) is 8.42 Å². The van der Waals surface area contributed by atoms with Gasteiger partial charge < -0.3 is 0 Å². The molecule has 0 N–H and O–H groups in total. The van der Waals surface area contributed by atoms with Crippen LogP contribution in [0, 0.1) is 12.8 Å². The molecule has 0 saturated carbocycles. The van der Waals surface area contributed by atoms with Crippen molar-refractivity contribution >= 4 is 10.0 Å². The van der Waals surface area contributed by atoms with Gasteiger partial charge in [-0.15, -0.1) is 0 Å². The van der Waals surface area contributed by atoms with Gasteiger partial charge in [0.2, 0.25) is 10.0 Å². The number of hydrogen-bond acceptors (Lipinski definition) is 4. The number of likely N-dealkylation sites (tertiary alicyclic amines) is 1. The van der Waals surface area contributed by atoms with E-state index in [1.54, 1.807) is 22.6 Å². The predicted octanol–water partition coefficient (Wildman–Crippen LogP) is 2.29. The van der Waals surface area contributed by atoms with Crippen LogP contribution in [0.15, 0.2) is 53.7 Å². The Morgan fingerprint density at radius 2 is 2.00 bits per heavy atom. The van der Waals surface area contributed by atoms with Crippen LogP contribution in [0.3, 0.4) is 0 Å². The van der Waals surface area contributed by atoms with Gasteiger partial charge in [0, 0.05) is 44.6 Å². The fourth-order valence-electron chi connectivity index (χ4n) is 3.99. The average molecular weight is 357 g/mol. The predicted molar refractivity (Wildman–Crippen MR) is 96.5 cm³/mol. The first-order chi connectivity index (χ1) is 12.1. The maximum absolute atomic E-state index is 13.0. The van der Waals surface area contributed by atoms with Gasteiger partial charge >= 0.3 is 0 Å². The second-order valence-corrected chi connectivity index (χ2v) is 8.94. The van der Waals surface area contributed by atoms with Crippen molar-refractivity contribution in [3.8, 4) is 0 Å². The summed E-state index contributed by atoms with van der Waals surface area (Å²) < 4.78 is 27.8. The quantitative estimate of drug-likeness (QED) is 0.842. The molecule has 3 heterocycles. The van der Waals surface area contributed by atoms with Crippen molar-refractivity contribution in [2.45, 2.75) is 30.8 Å². The molecule has 2 atom stereocenters. The minimum absolute atomic E-state index is 0.313. The van der Waals surface area contributed by atoms with Gasteiger partial charge in [-0.1, -0.05) is 24.3 Å². The fraction of sp³-hybridized carbons (Fsp3) is 0.421. The Bertz CT molecular complexity index is 854. The lowest BCUT2D eigenvalue weighted by Gasteiger charge is -2.53. The van der Waals surface area contributed by atoms with Gasteiger partial charge in [-0.2, -0.15) is 4.31 Å². The zero-order valence-electron chi connectivity index (χ0n) is 14.4. The first-order valence-electron chi connectivity index (χ1n) is 8.74. The van der Waals surface area contributed by atoms with Gasteiger partial charge in [0.25, 0.3) is 0 Å². The number of piperidine rings is 1. The van der Waals surface area contributed by atoms with Crippen LogP contribution in [0.5, 0.6) is 0 Å². The van der Waals surface area contributed by atoms with E-state index in [4.69, 9.17) is 0 Å². The van der Waals surface area contributed by atoms with E-state index in [-0.39, 0.29) is 0 Å². The zero-order chi connectivity index (χ0) is 17.4. The van der Waals surface area contributed by atoms with Crippen molar-refractivity contribution in [2.75, 3.05) is 19.6 Å². The zero-order valence-corrected chi connectivity index (χ0v) is 15.2. The van der Waals surface area contributed by atoms with E-state index < -0.39 is 10.0 Å². The third kappa shape index (κ3) is 3.10. The number of rotatable bonds is 4. The Balaban J connectivity index is 1.50. The number of pyridine rings is 1. The molecule has 0 amide bonds. The van der Waals surface area contributed by atoms with Crippen molar-refractivity contribution in [3.63, 3.8) is 0 Å². The van der Waals surface area contributed by atoms with Crippen molar-refractivity contribution in [3.05, 3.63) is 59.9 Å². The molecule has 25 heavy (non-hydrogen) atoms. The summed E-state index contributed by atoms with van der Waals surface area (Å²) in [7, 11) is -3.42. The Morgan fingerprint density at radius 1 is 1.16 bits per heavy atom. The average Bonchev–Trinajstić information content (AvgIpc) is 2.60. The van der Waals surface area contributed by atoms with Gasteiger partial charge in [-0.05, 0) is 42.5 Å². The summed E-state index contributed by atoms with van der Waals surface area (Å²) in [5.74, 6) is 0.611. The van der Waals surface area contributed by atoms with Crippen LogP contribution in [0.1, 0.15) is 17.5 Å². The van der Waals surface area contributed by atoms with E-state index in [2.05, 4.69) is 16.0 Å². The molecule has 4 rings (SSSR count). The molecule has 6 heteroatoms. The lowest BCUT2D eigenvalue weighted by molar-refractivity contribution is -0.0309. The van der Waals surface area contributed by atoms with Crippen LogP contribution in [0.25, 0.3) is 0 Å².